The van der Waals surface area contributed by atoms with E-state index in [-0.39, 0.29) is 10.6 Å². The number of ether oxygens (including phenoxy) is 1. The highest BCUT2D eigenvalue weighted by Gasteiger charge is 2.21. The van der Waals surface area contributed by atoms with Crippen molar-refractivity contribution in [1.82, 2.24) is 0 Å². The van der Waals surface area contributed by atoms with Crippen LogP contribution in [-0.4, -0.2) is 11.6 Å². The van der Waals surface area contributed by atoms with Crippen molar-refractivity contribution in [3.63, 3.8) is 0 Å². The van der Waals surface area contributed by atoms with E-state index in [1.807, 2.05) is 0 Å². The predicted molar refractivity (Wildman–Crippen MR) is 65.1 cm³/mol. The van der Waals surface area contributed by atoms with Crippen molar-refractivity contribution in [2.75, 3.05) is 6.61 Å². The molecule has 0 heterocycles. The molecule has 1 aliphatic rings. The maximum atomic E-state index is 13.5. The fraction of sp³-hybridized carbons (Fsp3) is 0.417. The van der Waals surface area contributed by atoms with Gasteiger partial charge in [-0.1, -0.05) is 31.1 Å². The molecule has 1 aliphatic carbocycles. The summed E-state index contributed by atoms with van der Waals surface area (Å²) in [4.78, 5) is 0.0412. The fourth-order valence-electron chi connectivity index (χ4n) is 1.61. The lowest BCUT2D eigenvalue weighted by Gasteiger charge is -2.10. The third-order valence-electron chi connectivity index (χ3n) is 2.70. The molecule has 4 heteroatoms. The molecule has 2 nitrogen and oxygen atoms in total. The Morgan fingerprint density at radius 1 is 1.50 bits per heavy atom. The van der Waals surface area contributed by atoms with E-state index in [1.54, 1.807) is 12.1 Å². The Kier molecular flexibility index (Phi) is 3.39. The van der Waals surface area contributed by atoms with Crippen molar-refractivity contribution >= 4 is 17.2 Å². The number of nitrogens with two attached hydrogens (primary N) is 1. The van der Waals surface area contributed by atoms with Gasteiger partial charge >= 0.3 is 0 Å². The predicted octanol–water partition coefficient (Wildman–Crippen LogP) is 2.64. The summed E-state index contributed by atoms with van der Waals surface area (Å²) < 4.78 is 19.0. The van der Waals surface area contributed by atoms with Crippen molar-refractivity contribution in [2.24, 2.45) is 11.7 Å². The summed E-state index contributed by atoms with van der Waals surface area (Å²) in [5.41, 5.74) is 5.69. The molecular weight excluding hydrogens is 225 g/mol. The van der Waals surface area contributed by atoms with Crippen LogP contribution in [0.4, 0.5) is 4.39 Å². The SMILES string of the molecule is NC(=S)c1c(F)cccc1OCCC1CC1. The molecule has 0 bridgehead atoms. The highest BCUT2D eigenvalue weighted by molar-refractivity contribution is 7.80. The molecule has 2 rings (SSSR count). The summed E-state index contributed by atoms with van der Waals surface area (Å²) in [6.07, 6.45) is 3.59. The Morgan fingerprint density at radius 2 is 2.25 bits per heavy atom. The molecule has 86 valence electrons. The van der Waals surface area contributed by atoms with Gasteiger partial charge < -0.3 is 10.5 Å². The minimum absolute atomic E-state index is 0.0412. The van der Waals surface area contributed by atoms with Gasteiger partial charge in [0.1, 0.15) is 16.6 Å². The molecule has 2 N–H and O–H groups in total. The lowest BCUT2D eigenvalue weighted by atomic mass is 10.2. The van der Waals surface area contributed by atoms with Gasteiger partial charge in [0, 0.05) is 0 Å². The Balaban J connectivity index is 2.05. The standard InChI is InChI=1S/C12H14FNOS/c13-9-2-1-3-10(11(9)12(14)16)15-7-6-8-4-5-8/h1-3,8H,4-7H2,(H2,14,16). The molecule has 0 aliphatic heterocycles. The Labute approximate surface area is 99.6 Å². The first-order chi connectivity index (χ1) is 7.68. The quantitative estimate of drug-likeness (QED) is 0.802. The van der Waals surface area contributed by atoms with Crippen LogP contribution in [0.1, 0.15) is 24.8 Å². The van der Waals surface area contributed by atoms with E-state index in [0.29, 0.717) is 12.4 Å². The van der Waals surface area contributed by atoms with Crippen LogP contribution in [0.15, 0.2) is 18.2 Å². The first-order valence-corrected chi connectivity index (χ1v) is 5.80. The van der Waals surface area contributed by atoms with Gasteiger partial charge in [-0.25, -0.2) is 4.39 Å². The number of thiocarbonyl (C=S) groups is 1. The molecule has 1 aromatic rings. The maximum absolute atomic E-state index is 13.5. The minimum Gasteiger partial charge on any atom is -0.493 e. The topological polar surface area (TPSA) is 35.2 Å². The van der Waals surface area contributed by atoms with Crippen molar-refractivity contribution in [3.8, 4) is 5.75 Å². The molecule has 1 aromatic carbocycles. The van der Waals surface area contributed by atoms with E-state index in [4.69, 9.17) is 22.7 Å². The van der Waals surface area contributed by atoms with Crippen LogP contribution in [0.5, 0.6) is 5.75 Å². The third-order valence-corrected chi connectivity index (χ3v) is 2.91. The largest absolute Gasteiger partial charge is 0.493 e. The van der Waals surface area contributed by atoms with Crippen LogP contribution in [0.25, 0.3) is 0 Å². The van der Waals surface area contributed by atoms with Crippen molar-refractivity contribution < 1.29 is 9.13 Å². The lowest BCUT2D eigenvalue weighted by molar-refractivity contribution is 0.300. The van der Waals surface area contributed by atoms with Crippen LogP contribution in [0.3, 0.4) is 0 Å². The summed E-state index contributed by atoms with van der Waals surface area (Å²) >= 11 is 4.81. The average molecular weight is 239 g/mol. The normalized spacial score (nSPS) is 14.8. The second-order valence-electron chi connectivity index (χ2n) is 4.06. The summed E-state index contributed by atoms with van der Waals surface area (Å²) in [7, 11) is 0. The van der Waals surface area contributed by atoms with E-state index >= 15 is 0 Å². The Hall–Kier alpha value is -1.16. The van der Waals surface area contributed by atoms with Gasteiger partial charge in [-0.2, -0.15) is 0 Å². The summed E-state index contributed by atoms with van der Waals surface area (Å²) in [5, 5.41) is 0. The monoisotopic (exact) mass is 239 g/mol. The van der Waals surface area contributed by atoms with Crippen molar-refractivity contribution in [3.05, 3.63) is 29.6 Å². The van der Waals surface area contributed by atoms with Crippen LogP contribution in [-0.2, 0) is 0 Å². The molecule has 16 heavy (non-hydrogen) atoms. The molecule has 0 atom stereocenters. The van der Waals surface area contributed by atoms with Gasteiger partial charge in [-0.15, -0.1) is 0 Å². The van der Waals surface area contributed by atoms with Crippen LogP contribution >= 0.6 is 12.2 Å². The Bertz CT molecular complexity index is 404. The molecule has 0 unspecified atom stereocenters. The number of hydrogen-bond donors (Lipinski definition) is 1. The van der Waals surface area contributed by atoms with E-state index in [1.165, 1.54) is 18.9 Å². The molecule has 0 amide bonds. The van der Waals surface area contributed by atoms with Crippen molar-refractivity contribution in [2.45, 2.75) is 19.3 Å². The first-order valence-electron chi connectivity index (χ1n) is 5.39. The van der Waals surface area contributed by atoms with Gasteiger partial charge in [0.25, 0.3) is 0 Å². The zero-order valence-electron chi connectivity index (χ0n) is 8.91. The maximum Gasteiger partial charge on any atom is 0.137 e. The Morgan fingerprint density at radius 3 is 2.88 bits per heavy atom. The molecule has 0 radical (unpaired) electrons. The van der Waals surface area contributed by atoms with Gasteiger partial charge in [-0.05, 0) is 24.5 Å². The van der Waals surface area contributed by atoms with Gasteiger partial charge in [0.2, 0.25) is 0 Å². The van der Waals surface area contributed by atoms with Crippen molar-refractivity contribution in [1.29, 1.82) is 0 Å². The van der Waals surface area contributed by atoms with Crippen LogP contribution < -0.4 is 10.5 Å². The summed E-state index contributed by atoms with van der Waals surface area (Å²) in [6.45, 7) is 0.601. The smallest absolute Gasteiger partial charge is 0.137 e. The number of rotatable bonds is 5. The second-order valence-corrected chi connectivity index (χ2v) is 4.50. The van der Waals surface area contributed by atoms with Crippen LogP contribution in [0.2, 0.25) is 0 Å². The fourth-order valence-corrected chi connectivity index (χ4v) is 1.80. The van der Waals surface area contributed by atoms with E-state index in [2.05, 4.69) is 0 Å². The summed E-state index contributed by atoms with van der Waals surface area (Å²) in [6, 6.07) is 4.64. The number of hydrogen-bond acceptors (Lipinski definition) is 2. The van der Waals surface area contributed by atoms with E-state index in [0.717, 1.165) is 12.3 Å². The van der Waals surface area contributed by atoms with Gasteiger partial charge in [-0.3, -0.25) is 0 Å². The zero-order valence-corrected chi connectivity index (χ0v) is 9.73. The molecular formula is C12H14FNOS. The second kappa shape index (κ2) is 4.78. The summed E-state index contributed by atoms with van der Waals surface area (Å²) in [5.74, 6) is 0.825. The molecule has 0 spiro atoms. The van der Waals surface area contributed by atoms with Crippen LogP contribution in [0, 0.1) is 11.7 Å². The highest BCUT2D eigenvalue weighted by atomic mass is 32.1. The third kappa shape index (κ3) is 2.70. The van der Waals surface area contributed by atoms with E-state index in [9.17, 15) is 4.39 Å². The first kappa shape index (κ1) is 11.3. The van der Waals surface area contributed by atoms with Gasteiger partial charge in [0.05, 0.1) is 12.2 Å². The highest BCUT2D eigenvalue weighted by Crippen LogP contribution is 2.32. The molecule has 1 saturated carbocycles. The number of halogens is 1. The molecule has 0 aromatic heterocycles. The zero-order chi connectivity index (χ0) is 11.5. The lowest BCUT2D eigenvalue weighted by Crippen LogP contribution is -2.14. The minimum atomic E-state index is -0.420. The van der Waals surface area contributed by atoms with E-state index < -0.39 is 5.82 Å². The van der Waals surface area contributed by atoms with Gasteiger partial charge in [0.15, 0.2) is 0 Å². The number of benzene rings is 1. The molecule has 1 fully saturated rings. The molecule has 0 saturated heterocycles. The average Bonchev–Trinajstić information content (AvgIpc) is 3.01.